The van der Waals surface area contributed by atoms with Crippen LogP contribution in [0.4, 0.5) is 8.78 Å². The minimum atomic E-state index is -0.867. The van der Waals surface area contributed by atoms with Crippen LogP contribution in [-0.4, -0.2) is 29.5 Å². The van der Waals surface area contributed by atoms with Crippen LogP contribution in [0.3, 0.4) is 0 Å². The average Bonchev–Trinajstić information content (AvgIpc) is 2.21. The smallest absolute Gasteiger partial charge is 0.130 e. The second-order valence-corrected chi connectivity index (χ2v) is 3.20. The van der Waals surface area contributed by atoms with E-state index in [1.807, 2.05) is 0 Å². The Bertz CT molecular complexity index is 320. The van der Waals surface area contributed by atoms with Gasteiger partial charge >= 0.3 is 0 Å². The topological polar surface area (TPSA) is 52.5 Å². The zero-order chi connectivity index (χ0) is 11.3. The summed E-state index contributed by atoms with van der Waals surface area (Å²) in [5.41, 5.74) is 0.321. The fourth-order valence-electron chi connectivity index (χ4n) is 1.10. The van der Waals surface area contributed by atoms with Gasteiger partial charge in [-0.05, 0) is 6.07 Å². The molecule has 0 aromatic heterocycles. The molecule has 0 radical (unpaired) electrons. The van der Waals surface area contributed by atoms with Crippen LogP contribution in [-0.2, 0) is 6.54 Å². The highest BCUT2D eigenvalue weighted by molar-refractivity contribution is 5.18. The average molecular weight is 217 g/mol. The zero-order valence-corrected chi connectivity index (χ0v) is 8.08. The van der Waals surface area contributed by atoms with E-state index in [0.29, 0.717) is 5.56 Å². The van der Waals surface area contributed by atoms with Crippen LogP contribution in [0.25, 0.3) is 0 Å². The zero-order valence-electron chi connectivity index (χ0n) is 8.08. The van der Waals surface area contributed by atoms with E-state index in [2.05, 4.69) is 5.32 Å². The molecule has 0 amide bonds. The van der Waals surface area contributed by atoms with Gasteiger partial charge in [0.05, 0.1) is 12.7 Å². The number of nitrogens with one attached hydrogen (secondary N) is 1. The van der Waals surface area contributed by atoms with Gasteiger partial charge < -0.3 is 15.5 Å². The summed E-state index contributed by atoms with van der Waals surface area (Å²) < 4.78 is 25.6. The Morgan fingerprint density at radius 3 is 2.67 bits per heavy atom. The van der Waals surface area contributed by atoms with E-state index < -0.39 is 17.7 Å². The van der Waals surface area contributed by atoms with Gasteiger partial charge in [0, 0.05) is 24.7 Å². The van der Waals surface area contributed by atoms with Crippen molar-refractivity contribution in [3.63, 3.8) is 0 Å². The van der Waals surface area contributed by atoms with Crippen molar-refractivity contribution in [2.24, 2.45) is 0 Å². The maximum atomic E-state index is 13.1. The molecule has 0 unspecified atom stereocenters. The molecule has 3 N–H and O–H groups in total. The SMILES string of the molecule is OC[C@@H](O)CNCc1ccc(F)cc1F. The monoisotopic (exact) mass is 217 g/mol. The van der Waals surface area contributed by atoms with Gasteiger partial charge in [0.25, 0.3) is 0 Å². The first-order chi connectivity index (χ1) is 7.13. The molecule has 1 aromatic carbocycles. The highest BCUT2D eigenvalue weighted by Gasteiger charge is 2.05. The summed E-state index contributed by atoms with van der Waals surface area (Å²) in [5.74, 6) is -1.24. The molecule has 0 fully saturated rings. The van der Waals surface area contributed by atoms with E-state index in [1.54, 1.807) is 0 Å². The first-order valence-electron chi connectivity index (χ1n) is 4.57. The summed E-state index contributed by atoms with van der Waals surface area (Å²) in [7, 11) is 0. The minimum absolute atomic E-state index is 0.160. The van der Waals surface area contributed by atoms with Crippen molar-refractivity contribution < 1.29 is 19.0 Å². The molecular formula is C10H13F2NO2. The van der Waals surface area contributed by atoms with Crippen molar-refractivity contribution in [3.05, 3.63) is 35.4 Å². The molecule has 0 saturated heterocycles. The molecule has 84 valence electrons. The Morgan fingerprint density at radius 1 is 1.33 bits per heavy atom. The van der Waals surface area contributed by atoms with E-state index in [-0.39, 0.29) is 19.7 Å². The molecule has 15 heavy (non-hydrogen) atoms. The second kappa shape index (κ2) is 5.75. The van der Waals surface area contributed by atoms with Crippen molar-refractivity contribution in [1.82, 2.24) is 5.32 Å². The van der Waals surface area contributed by atoms with Crippen LogP contribution in [0.1, 0.15) is 5.56 Å². The predicted molar refractivity (Wildman–Crippen MR) is 51.2 cm³/mol. The van der Waals surface area contributed by atoms with Crippen LogP contribution in [0.2, 0.25) is 0 Å². The molecule has 5 heteroatoms. The lowest BCUT2D eigenvalue weighted by Gasteiger charge is -2.09. The lowest BCUT2D eigenvalue weighted by Crippen LogP contribution is -2.29. The summed E-state index contributed by atoms with van der Waals surface area (Å²) in [6.07, 6.45) is -0.867. The number of rotatable bonds is 5. The van der Waals surface area contributed by atoms with Gasteiger partial charge in [-0.3, -0.25) is 0 Å². The van der Waals surface area contributed by atoms with Crippen LogP contribution in [0, 0.1) is 11.6 Å². The first-order valence-corrected chi connectivity index (χ1v) is 4.57. The quantitative estimate of drug-likeness (QED) is 0.669. The third kappa shape index (κ3) is 3.91. The maximum Gasteiger partial charge on any atom is 0.130 e. The van der Waals surface area contributed by atoms with Crippen LogP contribution < -0.4 is 5.32 Å². The Kier molecular flexibility index (Phi) is 4.61. The Labute approximate surface area is 86.4 Å². The van der Waals surface area contributed by atoms with Gasteiger partial charge in [-0.25, -0.2) is 8.78 Å². The number of halogens is 2. The van der Waals surface area contributed by atoms with Crippen molar-refractivity contribution in [3.8, 4) is 0 Å². The molecule has 1 aromatic rings. The fraction of sp³-hybridized carbons (Fsp3) is 0.400. The lowest BCUT2D eigenvalue weighted by atomic mass is 10.2. The van der Waals surface area contributed by atoms with Crippen molar-refractivity contribution >= 4 is 0 Å². The summed E-state index contributed by atoms with van der Waals surface area (Å²) in [5, 5.41) is 20.2. The Balaban J connectivity index is 2.44. The molecule has 0 aliphatic rings. The van der Waals surface area contributed by atoms with E-state index in [9.17, 15) is 8.78 Å². The summed E-state index contributed by atoms with van der Waals surface area (Å²) >= 11 is 0. The van der Waals surface area contributed by atoms with E-state index in [1.165, 1.54) is 12.1 Å². The molecule has 0 bridgehead atoms. The second-order valence-electron chi connectivity index (χ2n) is 3.20. The van der Waals surface area contributed by atoms with Crippen molar-refractivity contribution in [2.75, 3.05) is 13.2 Å². The summed E-state index contributed by atoms with van der Waals surface area (Å²) in [6.45, 7) is -0.00457. The van der Waals surface area contributed by atoms with Crippen LogP contribution in [0.15, 0.2) is 18.2 Å². The highest BCUT2D eigenvalue weighted by Crippen LogP contribution is 2.08. The van der Waals surface area contributed by atoms with Gasteiger partial charge in [-0.15, -0.1) is 0 Å². The first kappa shape index (κ1) is 12.0. The number of hydrogen-bond donors (Lipinski definition) is 3. The van der Waals surface area contributed by atoms with Gasteiger partial charge in [-0.1, -0.05) is 6.07 Å². The molecule has 0 heterocycles. The van der Waals surface area contributed by atoms with Gasteiger partial charge in [0.15, 0.2) is 0 Å². The van der Waals surface area contributed by atoms with E-state index in [0.717, 1.165) is 6.07 Å². The number of aliphatic hydroxyl groups excluding tert-OH is 2. The molecular weight excluding hydrogens is 204 g/mol. The molecule has 0 aliphatic heterocycles. The Morgan fingerprint density at radius 2 is 2.07 bits per heavy atom. The molecule has 1 atom stereocenters. The predicted octanol–water partition coefficient (Wildman–Crippen LogP) is 0.408. The fourth-order valence-corrected chi connectivity index (χ4v) is 1.10. The summed E-state index contributed by atoms with van der Waals surface area (Å²) in [4.78, 5) is 0. The lowest BCUT2D eigenvalue weighted by molar-refractivity contribution is 0.0941. The summed E-state index contributed by atoms with van der Waals surface area (Å²) in [6, 6.07) is 3.31. The van der Waals surface area contributed by atoms with E-state index in [4.69, 9.17) is 10.2 Å². The Hall–Kier alpha value is -1.04. The van der Waals surface area contributed by atoms with Crippen LogP contribution in [0.5, 0.6) is 0 Å². The van der Waals surface area contributed by atoms with E-state index >= 15 is 0 Å². The third-order valence-corrected chi connectivity index (χ3v) is 1.92. The minimum Gasteiger partial charge on any atom is -0.394 e. The molecule has 1 rings (SSSR count). The largest absolute Gasteiger partial charge is 0.394 e. The maximum absolute atomic E-state index is 13.1. The molecule has 3 nitrogen and oxygen atoms in total. The molecule has 0 aliphatic carbocycles. The standard InChI is InChI=1S/C10H13F2NO2/c11-8-2-1-7(10(12)3-8)4-13-5-9(15)6-14/h1-3,9,13-15H,4-6H2/t9-/m0/s1. The third-order valence-electron chi connectivity index (χ3n) is 1.92. The molecule has 0 spiro atoms. The number of hydrogen-bond acceptors (Lipinski definition) is 3. The van der Waals surface area contributed by atoms with Gasteiger partial charge in [0.1, 0.15) is 11.6 Å². The van der Waals surface area contributed by atoms with Gasteiger partial charge in [0.2, 0.25) is 0 Å². The van der Waals surface area contributed by atoms with Crippen molar-refractivity contribution in [1.29, 1.82) is 0 Å². The van der Waals surface area contributed by atoms with Crippen LogP contribution >= 0.6 is 0 Å². The van der Waals surface area contributed by atoms with Gasteiger partial charge in [-0.2, -0.15) is 0 Å². The van der Waals surface area contributed by atoms with Crippen molar-refractivity contribution in [2.45, 2.75) is 12.6 Å². The number of aliphatic hydroxyl groups is 2. The molecule has 0 saturated carbocycles. The number of benzene rings is 1. The normalized spacial score (nSPS) is 12.8. The highest BCUT2D eigenvalue weighted by atomic mass is 19.1.